The quantitative estimate of drug-likeness (QED) is 0.916. The third-order valence-corrected chi connectivity index (χ3v) is 3.23. The fourth-order valence-corrected chi connectivity index (χ4v) is 2.08. The van der Waals surface area contributed by atoms with Crippen LogP contribution in [0.5, 0.6) is 5.75 Å². The summed E-state index contributed by atoms with van der Waals surface area (Å²) in [4.78, 5) is 11.5. The maximum Gasteiger partial charge on any atom is 0.258 e. The summed E-state index contributed by atoms with van der Waals surface area (Å²) in [5.74, 6) is 0.578. The zero-order chi connectivity index (χ0) is 14.6. The Balaban J connectivity index is 2.68. The van der Waals surface area contributed by atoms with Crippen LogP contribution in [0.4, 0.5) is 0 Å². The second-order valence-corrected chi connectivity index (χ2v) is 6.76. The van der Waals surface area contributed by atoms with Gasteiger partial charge in [-0.15, -0.1) is 0 Å². The molecule has 0 aliphatic carbocycles. The SMILES string of the molecule is CC(C)NC(=O)COc1ccc(C(C)(C)C)cc1Br. The number of carbonyl (C=O) groups is 1. The molecule has 0 aliphatic rings. The van der Waals surface area contributed by atoms with Gasteiger partial charge in [0.05, 0.1) is 4.47 Å². The smallest absolute Gasteiger partial charge is 0.258 e. The summed E-state index contributed by atoms with van der Waals surface area (Å²) in [5, 5.41) is 2.79. The van der Waals surface area contributed by atoms with E-state index in [9.17, 15) is 4.79 Å². The molecule has 0 heterocycles. The molecule has 0 fully saturated rings. The highest BCUT2D eigenvalue weighted by Gasteiger charge is 2.15. The molecule has 19 heavy (non-hydrogen) atoms. The van der Waals surface area contributed by atoms with E-state index in [1.165, 1.54) is 5.56 Å². The van der Waals surface area contributed by atoms with Crippen molar-refractivity contribution in [3.63, 3.8) is 0 Å². The van der Waals surface area contributed by atoms with Gasteiger partial charge in [-0.2, -0.15) is 0 Å². The topological polar surface area (TPSA) is 38.3 Å². The van der Waals surface area contributed by atoms with E-state index < -0.39 is 0 Å². The standard InChI is InChI=1S/C15H22BrNO2/c1-10(2)17-14(18)9-19-13-7-6-11(8-12(13)16)15(3,4)5/h6-8,10H,9H2,1-5H3,(H,17,18). The molecule has 1 aromatic carbocycles. The Hall–Kier alpha value is -1.03. The molecule has 1 rings (SSSR count). The molecule has 0 spiro atoms. The molecule has 1 N–H and O–H groups in total. The van der Waals surface area contributed by atoms with Gasteiger partial charge in [0.15, 0.2) is 6.61 Å². The molecule has 0 radical (unpaired) electrons. The fourth-order valence-electron chi connectivity index (χ4n) is 1.59. The minimum Gasteiger partial charge on any atom is -0.483 e. The molecular weight excluding hydrogens is 306 g/mol. The van der Waals surface area contributed by atoms with E-state index in [-0.39, 0.29) is 24.0 Å². The van der Waals surface area contributed by atoms with Gasteiger partial charge in [-0.25, -0.2) is 0 Å². The number of benzene rings is 1. The Morgan fingerprint density at radius 1 is 1.37 bits per heavy atom. The van der Waals surface area contributed by atoms with Crippen molar-refractivity contribution in [2.45, 2.75) is 46.1 Å². The molecule has 1 amide bonds. The second-order valence-electron chi connectivity index (χ2n) is 5.91. The van der Waals surface area contributed by atoms with Crippen LogP contribution in [0, 0.1) is 0 Å². The molecule has 106 valence electrons. The maximum atomic E-state index is 11.5. The van der Waals surface area contributed by atoms with Crippen molar-refractivity contribution in [2.24, 2.45) is 0 Å². The summed E-state index contributed by atoms with van der Waals surface area (Å²) in [6, 6.07) is 6.09. The predicted molar refractivity (Wildman–Crippen MR) is 81.6 cm³/mol. The lowest BCUT2D eigenvalue weighted by Crippen LogP contribution is -2.34. The van der Waals surface area contributed by atoms with Gasteiger partial charge in [0.2, 0.25) is 0 Å². The van der Waals surface area contributed by atoms with Gasteiger partial charge in [-0.1, -0.05) is 26.8 Å². The summed E-state index contributed by atoms with van der Waals surface area (Å²) in [7, 11) is 0. The number of hydrogen-bond donors (Lipinski definition) is 1. The van der Waals surface area contributed by atoms with Crippen molar-refractivity contribution >= 4 is 21.8 Å². The van der Waals surface area contributed by atoms with E-state index in [0.717, 1.165) is 4.47 Å². The minimum atomic E-state index is -0.109. The molecular formula is C15H22BrNO2. The lowest BCUT2D eigenvalue weighted by molar-refractivity contribution is -0.123. The van der Waals surface area contributed by atoms with Crippen LogP contribution in [0.25, 0.3) is 0 Å². The average Bonchev–Trinajstić information content (AvgIpc) is 2.25. The first-order valence-electron chi connectivity index (χ1n) is 6.42. The van der Waals surface area contributed by atoms with Crippen LogP contribution < -0.4 is 10.1 Å². The van der Waals surface area contributed by atoms with Gasteiger partial charge < -0.3 is 10.1 Å². The lowest BCUT2D eigenvalue weighted by Gasteiger charge is -2.20. The average molecular weight is 328 g/mol. The van der Waals surface area contributed by atoms with Crippen molar-refractivity contribution in [2.75, 3.05) is 6.61 Å². The Kier molecular flexibility index (Phi) is 5.41. The molecule has 0 saturated heterocycles. The number of nitrogens with one attached hydrogen (secondary N) is 1. The number of rotatable bonds is 4. The Morgan fingerprint density at radius 2 is 2.00 bits per heavy atom. The molecule has 0 aliphatic heterocycles. The third-order valence-electron chi connectivity index (χ3n) is 2.61. The van der Waals surface area contributed by atoms with Gasteiger partial charge in [0, 0.05) is 6.04 Å². The first kappa shape index (κ1) is 16.0. The summed E-state index contributed by atoms with van der Waals surface area (Å²) in [6.45, 7) is 10.4. The monoisotopic (exact) mass is 327 g/mol. The highest BCUT2D eigenvalue weighted by atomic mass is 79.9. The molecule has 0 unspecified atom stereocenters. The van der Waals surface area contributed by atoms with Crippen LogP contribution in [-0.2, 0) is 10.2 Å². The molecule has 3 nitrogen and oxygen atoms in total. The van der Waals surface area contributed by atoms with E-state index in [1.54, 1.807) is 0 Å². The van der Waals surface area contributed by atoms with Crippen LogP contribution in [0.1, 0.15) is 40.2 Å². The van der Waals surface area contributed by atoms with Crippen molar-refractivity contribution < 1.29 is 9.53 Å². The van der Waals surface area contributed by atoms with Crippen molar-refractivity contribution in [1.29, 1.82) is 0 Å². The summed E-state index contributed by atoms with van der Waals surface area (Å²) < 4.78 is 6.38. The summed E-state index contributed by atoms with van der Waals surface area (Å²) in [5.41, 5.74) is 1.31. The Labute approximate surface area is 123 Å². The van der Waals surface area contributed by atoms with Crippen molar-refractivity contribution in [3.05, 3.63) is 28.2 Å². The normalized spacial score (nSPS) is 11.5. The van der Waals surface area contributed by atoms with E-state index in [0.29, 0.717) is 5.75 Å². The van der Waals surface area contributed by atoms with Gasteiger partial charge in [0.25, 0.3) is 5.91 Å². The maximum absolute atomic E-state index is 11.5. The highest BCUT2D eigenvalue weighted by molar-refractivity contribution is 9.10. The first-order chi connectivity index (χ1) is 8.70. The molecule has 1 aromatic rings. The number of amides is 1. The van der Waals surface area contributed by atoms with E-state index in [4.69, 9.17) is 4.74 Å². The largest absolute Gasteiger partial charge is 0.483 e. The van der Waals surface area contributed by atoms with Crippen molar-refractivity contribution in [1.82, 2.24) is 5.32 Å². The summed E-state index contributed by atoms with van der Waals surface area (Å²) >= 11 is 3.48. The number of carbonyl (C=O) groups excluding carboxylic acids is 1. The zero-order valence-corrected chi connectivity index (χ0v) is 13.8. The van der Waals surface area contributed by atoms with Gasteiger partial charge in [-0.3, -0.25) is 4.79 Å². The highest BCUT2D eigenvalue weighted by Crippen LogP contribution is 2.31. The number of halogens is 1. The zero-order valence-electron chi connectivity index (χ0n) is 12.2. The molecule has 4 heteroatoms. The van der Waals surface area contributed by atoms with Crippen LogP contribution in [0.15, 0.2) is 22.7 Å². The minimum absolute atomic E-state index is 0.0334. The number of ether oxygens (including phenoxy) is 1. The molecule has 0 aromatic heterocycles. The van der Waals surface area contributed by atoms with E-state index in [2.05, 4.69) is 42.0 Å². The first-order valence-corrected chi connectivity index (χ1v) is 7.21. The van der Waals surface area contributed by atoms with Crippen LogP contribution in [0.2, 0.25) is 0 Å². The van der Waals surface area contributed by atoms with Crippen molar-refractivity contribution in [3.8, 4) is 5.75 Å². The van der Waals surface area contributed by atoms with E-state index in [1.807, 2.05) is 32.0 Å². The molecule has 0 atom stereocenters. The molecule has 0 bridgehead atoms. The van der Waals surface area contributed by atoms with Crippen LogP contribution in [-0.4, -0.2) is 18.6 Å². The number of hydrogen-bond acceptors (Lipinski definition) is 2. The molecule has 0 saturated carbocycles. The van der Waals surface area contributed by atoms with Gasteiger partial charge in [-0.05, 0) is 52.9 Å². The Bertz CT molecular complexity index is 450. The van der Waals surface area contributed by atoms with Crippen LogP contribution >= 0.6 is 15.9 Å². The fraction of sp³-hybridized carbons (Fsp3) is 0.533. The lowest BCUT2D eigenvalue weighted by atomic mass is 9.87. The second kappa shape index (κ2) is 6.42. The van der Waals surface area contributed by atoms with Crippen LogP contribution in [0.3, 0.4) is 0 Å². The Morgan fingerprint density at radius 3 is 2.47 bits per heavy atom. The van der Waals surface area contributed by atoms with Gasteiger partial charge in [0.1, 0.15) is 5.75 Å². The summed E-state index contributed by atoms with van der Waals surface area (Å²) in [6.07, 6.45) is 0. The van der Waals surface area contributed by atoms with E-state index >= 15 is 0 Å². The van der Waals surface area contributed by atoms with Gasteiger partial charge >= 0.3 is 0 Å². The predicted octanol–water partition coefficient (Wildman–Crippen LogP) is 3.65. The third kappa shape index (κ3) is 5.23.